The number of carbonyl (C=O) groups excluding carboxylic acids is 1. The van der Waals surface area contributed by atoms with Crippen molar-refractivity contribution in [3.05, 3.63) is 71.3 Å². The third-order valence-corrected chi connectivity index (χ3v) is 5.89. The molecule has 180 valence electrons. The van der Waals surface area contributed by atoms with E-state index in [1.807, 2.05) is 4.57 Å². The van der Waals surface area contributed by atoms with Gasteiger partial charge in [-0.25, -0.2) is 14.4 Å². The van der Waals surface area contributed by atoms with Crippen molar-refractivity contribution < 1.29 is 22.4 Å². The molecular weight excluding hydrogens is 466 g/mol. The van der Waals surface area contributed by atoms with Crippen LogP contribution < -0.4 is 5.32 Å². The molecule has 8 nitrogen and oxygen atoms in total. The molecule has 4 aromatic rings. The molecule has 1 amide bonds. The van der Waals surface area contributed by atoms with Crippen LogP contribution in [0.4, 0.5) is 23.4 Å². The Morgan fingerprint density at radius 2 is 2.00 bits per heavy atom. The molecule has 35 heavy (non-hydrogen) atoms. The zero-order valence-electron chi connectivity index (χ0n) is 18.6. The molecule has 0 unspecified atom stereocenters. The highest BCUT2D eigenvalue weighted by Gasteiger charge is 2.33. The zero-order valence-corrected chi connectivity index (χ0v) is 18.6. The molecule has 0 fully saturated rings. The third-order valence-electron chi connectivity index (χ3n) is 5.89. The van der Waals surface area contributed by atoms with Crippen LogP contribution in [0.1, 0.15) is 46.8 Å². The monoisotopic (exact) mass is 485 g/mol. The van der Waals surface area contributed by atoms with Crippen molar-refractivity contribution in [1.82, 2.24) is 29.3 Å². The van der Waals surface area contributed by atoms with Crippen LogP contribution in [-0.4, -0.2) is 35.2 Å². The second-order valence-electron chi connectivity index (χ2n) is 8.34. The third kappa shape index (κ3) is 4.15. The maximum absolute atomic E-state index is 14.7. The van der Waals surface area contributed by atoms with Crippen molar-refractivity contribution in [2.45, 2.75) is 38.9 Å². The van der Waals surface area contributed by atoms with E-state index in [0.29, 0.717) is 17.1 Å². The molecule has 1 aliphatic rings. The van der Waals surface area contributed by atoms with E-state index in [4.69, 9.17) is 0 Å². The van der Waals surface area contributed by atoms with Gasteiger partial charge >= 0.3 is 6.18 Å². The highest BCUT2D eigenvalue weighted by atomic mass is 19.4. The molecule has 3 aromatic heterocycles. The number of anilines is 1. The summed E-state index contributed by atoms with van der Waals surface area (Å²) in [7, 11) is 0. The number of nitrogens with one attached hydrogen (secondary N) is 1. The molecule has 0 radical (unpaired) electrons. The fraction of sp³-hybridized carbons (Fsp3) is 0.261. The number of halogens is 4. The lowest BCUT2D eigenvalue weighted by atomic mass is 10.1. The molecule has 0 saturated heterocycles. The molecule has 0 bridgehead atoms. The Labute approximate surface area is 196 Å². The highest BCUT2D eigenvalue weighted by Crippen LogP contribution is 2.31. The lowest BCUT2D eigenvalue weighted by Crippen LogP contribution is -2.16. The summed E-state index contributed by atoms with van der Waals surface area (Å²) in [5, 5.41) is 11.0. The number of benzene rings is 1. The predicted molar refractivity (Wildman–Crippen MR) is 117 cm³/mol. The summed E-state index contributed by atoms with van der Waals surface area (Å²) >= 11 is 0. The number of aromatic nitrogens is 6. The molecule has 0 aliphatic carbocycles. The fourth-order valence-corrected chi connectivity index (χ4v) is 4.13. The minimum atomic E-state index is -4.63. The lowest BCUT2D eigenvalue weighted by Gasteiger charge is -2.12. The van der Waals surface area contributed by atoms with Crippen LogP contribution in [0.2, 0.25) is 0 Å². The van der Waals surface area contributed by atoms with Crippen LogP contribution in [0.3, 0.4) is 0 Å². The van der Waals surface area contributed by atoms with E-state index in [9.17, 15) is 22.4 Å². The number of pyridine rings is 1. The normalized spacial score (nSPS) is 15.3. The Kier molecular flexibility index (Phi) is 5.37. The summed E-state index contributed by atoms with van der Waals surface area (Å²) in [6.45, 7) is 3.58. The van der Waals surface area contributed by atoms with Crippen LogP contribution in [-0.2, 0) is 12.6 Å². The number of rotatable bonds is 4. The molecule has 5 rings (SSSR count). The molecule has 12 heteroatoms. The maximum atomic E-state index is 14.7. The molecule has 0 saturated carbocycles. The average molecular weight is 485 g/mol. The quantitative estimate of drug-likeness (QED) is 0.422. The summed E-state index contributed by atoms with van der Waals surface area (Å²) < 4.78 is 56.6. The van der Waals surface area contributed by atoms with E-state index >= 15 is 0 Å². The SMILES string of the molecule is Cc1cc(F)c(C(=O)Nc2cccc(-c3nnc4n3[C@H](C)CC4)n2)cc1-n1cnc(C(F)(F)F)c1. The van der Waals surface area contributed by atoms with Gasteiger partial charge in [-0.05, 0) is 50.1 Å². The number of hydrogen-bond donors (Lipinski definition) is 1. The summed E-state index contributed by atoms with van der Waals surface area (Å²) in [5.74, 6) is -0.0137. The molecular formula is C23H19F4N7O. The Morgan fingerprint density at radius 3 is 2.74 bits per heavy atom. The number of imidazole rings is 1. The number of amides is 1. The van der Waals surface area contributed by atoms with Gasteiger partial charge in [0.05, 0.1) is 17.6 Å². The van der Waals surface area contributed by atoms with Gasteiger partial charge in [0.2, 0.25) is 0 Å². The van der Waals surface area contributed by atoms with Gasteiger partial charge in [-0.1, -0.05) is 6.07 Å². The molecule has 4 heterocycles. The Balaban J connectivity index is 1.43. The summed E-state index contributed by atoms with van der Waals surface area (Å²) in [6.07, 6.45) is -1.11. The van der Waals surface area contributed by atoms with Crippen LogP contribution in [0.25, 0.3) is 17.2 Å². The van der Waals surface area contributed by atoms with Crippen molar-refractivity contribution in [1.29, 1.82) is 0 Å². The van der Waals surface area contributed by atoms with Crippen LogP contribution >= 0.6 is 0 Å². The van der Waals surface area contributed by atoms with Gasteiger partial charge in [0.15, 0.2) is 11.5 Å². The van der Waals surface area contributed by atoms with Gasteiger partial charge < -0.3 is 14.5 Å². The number of aryl methyl sites for hydroxylation is 2. The fourth-order valence-electron chi connectivity index (χ4n) is 4.13. The first kappa shape index (κ1) is 22.7. The Morgan fingerprint density at radius 1 is 1.20 bits per heavy atom. The van der Waals surface area contributed by atoms with Gasteiger partial charge in [0.1, 0.15) is 23.2 Å². The summed E-state index contributed by atoms with van der Waals surface area (Å²) in [5.41, 5.74) is -0.424. The number of alkyl halides is 3. The van der Waals surface area contributed by atoms with Crippen molar-refractivity contribution in [3.8, 4) is 17.2 Å². The first-order valence-electron chi connectivity index (χ1n) is 10.8. The number of hydrogen-bond acceptors (Lipinski definition) is 5. The smallest absolute Gasteiger partial charge is 0.307 e. The Bertz CT molecular complexity index is 1440. The molecule has 0 spiro atoms. The minimum absolute atomic E-state index is 0.166. The van der Waals surface area contributed by atoms with Crippen LogP contribution in [0, 0.1) is 12.7 Å². The number of carbonyl (C=O) groups is 1. The van der Waals surface area contributed by atoms with E-state index in [2.05, 4.69) is 32.4 Å². The van der Waals surface area contributed by atoms with Gasteiger partial charge in [-0.3, -0.25) is 4.79 Å². The second-order valence-corrected chi connectivity index (χ2v) is 8.34. The summed E-state index contributed by atoms with van der Waals surface area (Å²) in [4.78, 5) is 20.7. The summed E-state index contributed by atoms with van der Waals surface area (Å²) in [6, 6.07) is 7.45. The van der Waals surface area contributed by atoms with Crippen molar-refractivity contribution in [2.75, 3.05) is 5.32 Å². The zero-order chi connectivity index (χ0) is 24.9. The van der Waals surface area contributed by atoms with Crippen LogP contribution in [0.15, 0.2) is 42.9 Å². The standard InChI is InChI=1S/C23H19F4N7O/c1-12-8-15(24)14(9-17(12)33-10-18(28-11-33)23(25,26)27)22(35)30-19-5-3-4-16(29-19)21-32-31-20-7-6-13(2)34(20)21/h3-5,8-11,13H,6-7H2,1-2H3,(H,29,30,35)/t13-/m1/s1. The van der Waals surface area contributed by atoms with Crippen molar-refractivity contribution in [3.63, 3.8) is 0 Å². The van der Waals surface area contributed by atoms with Crippen LogP contribution in [0.5, 0.6) is 0 Å². The number of nitrogens with zero attached hydrogens (tertiary/aromatic N) is 6. The second kappa shape index (κ2) is 8.29. The highest BCUT2D eigenvalue weighted by molar-refractivity contribution is 6.04. The molecule has 1 N–H and O–H groups in total. The van der Waals surface area contributed by atoms with Gasteiger partial charge in [0, 0.05) is 18.7 Å². The Hall–Kier alpha value is -4.09. The first-order valence-corrected chi connectivity index (χ1v) is 10.8. The van der Waals surface area contributed by atoms with E-state index in [1.165, 1.54) is 13.0 Å². The molecule has 1 aromatic carbocycles. The van der Waals surface area contributed by atoms with Crippen molar-refractivity contribution in [2.24, 2.45) is 0 Å². The molecule has 1 atom stereocenters. The van der Waals surface area contributed by atoms with Gasteiger partial charge in [0.25, 0.3) is 5.91 Å². The average Bonchev–Trinajstić information content (AvgIpc) is 3.52. The van der Waals surface area contributed by atoms with E-state index < -0.39 is 23.6 Å². The van der Waals surface area contributed by atoms with Gasteiger partial charge in [-0.2, -0.15) is 13.2 Å². The van der Waals surface area contributed by atoms with E-state index in [0.717, 1.165) is 41.8 Å². The first-order chi connectivity index (χ1) is 16.6. The molecule has 1 aliphatic heterocycles. The van der Waals surface area contributed by atoms with Crippen molar-refractivity contribution >= 4 is 11.7 Å². The lowest BCUT2D eigenvalue weighted by molar-refractivity contribution is -0.140. The number of fused-ring (bicyclic) bond motifs is 1. The predicted octanol–water partition coefficient (Wildman–Crippen LogP) is 4.75. The van der Waals surface area contributed by atoms with E-state index in [-0.39, 0.29) is 23.1 Å². The minimum Gasteiger partial charge on any atom is -0.307 e. The topological polar surface area (TPSA) is 90.5 Å². The van der Waals surface area contributed by atoms with E-state index in [1.54, 1.807) is 18.2 Å². The largest absolute Gasteiger partial charge is 0.434 e. The van der Waals surface area contributed by atoms with Gasteiger partial charge in [-0.15, -0.1) is 10.2 Å². The maximum Gasteiger partial charge on any atom is 0.434 e.